The second kappa shape index (κ2) is 8.63. The molecule has 3 aliphatic heterocycles. The Balaban J connectivity index is 1.43. The number of hydrogen-bond donors (Lipinski definition) is 0. The summed E-state index contributed by atoms with van der Waals surface area (Å²) in [7, 11) is 2.14. The van der Waals surface area contributed by atoms with Crippen molar-refractivity contribution in [3.63, 3.8) is 0 Å². The predicted molar refractivity (Wildman–Crippen MR) is 128 cm³/mol. The Bertz CT molecular complexity index is 1210. The summed E-state index contributed by atoms with van der Waals surface area (Å²) in [5.74, 6) is 0.820. The Morgan fingerprint density at radius 1 is 1.15 bits per heavy atom. The van der Waals surface area contributed by atoms with E-state index in [1.807, 2.05) is 49.0 Å². The first-order chi connectivity index (χ1) is 15.9. The number of rotatable bonds is 3. The number of allylic oxidation sites excluding steroid dienone is 4. The van der Waals surface area contributed by atoms with Crippen LogP contribution in [0.2, 0.25) is 0 Å². The predicted octanol–water partition coefficient (Wildman–Crippen LogP) is 4.00. The van der Waals surface area contributed by atoms with Gasteiger partial charge in [0.25, 0.3) is 5.91 Å². The van der Waals surface area contributed by atoms with Gasteiger partial charge in [-0.1, -0.05) is 13.0 Å². The molecule has 0 N–H and O–H groups in total. The van der Waals surface area contributed by atoms with Crippen molar-refractivity contribution in [2.24, 2.45) is 5.92 Å². The van der Waals surface area contributed by atoms with Crippen LogP contribution in [0.3, 0.4) is 0 Å². The smallest absolute Gasteiger partial charge is 0.255 e. The monoisotopic (exact) mass is 445 g/mol. The van der Waals surface area contributed by atoms with Crippen LogP contribution in [0.25, 0.3) is 11.1 Å². The van der Waals surface area contributed by atoms with Gasteiger partial charge in [0.15, 0.2) is 0 Å². The molecule has 1 fully saturated rings. The van der Waals surface area contributed by atoms with Gasteiger partial charge in [-0.15, -0.1) is 0 Å². The summed E-state index contributed by atoms with van der Waals surface area (Å²) in [5, 5.41) is 4.78. The van der Waals surface area contributed by atoms with Crippen LogP contribution in [-0.4, -0.2) is 56.5 Å². The number of piperidine rings is 1. The second-order valence-corrected chi connectivity index (χ2v) is 9.39. The van der Waals surface area contributed by atoms with Gasteiger partial charge in [0.05, 0.1) is 35.0 Å². The molecule has 0 bridgehead atoms. The highest BCUT2D eigenvalue weighted by Crippen LogP contribution is 2.32. The molecule has 1 unspecified atom stereocenters. The molecule has 7 heteroatoms. The van der Waals surface area contributed by atoms with Gasteiger partial charge in [0.1, 0.15) is 11.9 Å². The highest BCUT2D eigenvalue weighted by Gasteiger charge is 2.26. The molecule has 5 heterocycles. The first-order valence-corrected chi connectivity index (χ1v) is 11.7. The van der Waals surface area contributed by atoms with Crippen LogP contribution in [0.4, 0.5) is 0 Å². The fourth-order valence-electron chi connectivity index (χ4n) is 4.74. The van der Waals surface area contributed by atoms with E-state index in [1.165, 1.54) is 0 Å². The maximum Gasteiger partial charge on any atom is 0.255 e. The summed E-state index contributed by atoms with van der Waals surface area (Å²) >= 11 is 0. The third-order valence-electron chi connectivity index (χ3n) is 6.70. The number of carbonyl (C=O) groups excluding carboxylic acids is 1. The molecular formula is C26H31N5O2. The number of aryl methyl sites for hydroxylation is 2. The van der Waals surface area contributed by atoms with Crippen LogP contribution in [0.1, 0.15) is 43.3 Å². The molecule has 0 aromatic carbocycles. The summed E-state index contributed by atoms with van der Waals surface area (Å²) < 4.78 is 8.09. The zero-order chi connectivity index (χ0) is 23.1. The van der Waals surface area contributed by atoms with Crippen LogP contribution in [0.15, 0.2) is 54.2 Å². The van der Waals surface area contributed by atoms with E-state index in [-0.39, 0.29) is 17.9 Å². The van der Waals surface area contributed by atoms with Crippen molar-refractivity contribution in [3.8, 4) is 0 Å². The lowest BCUT2D eigenvalue weighted by atomic mass is 9.92. The van der Waals surface area contributed by atoms with Crippen LogP contribution < -0.4 is 0 Å². The van der Waals surface area contributed by atoms with E-state index in [1.54, 1.807) is 11.0 Å². The number of fused-ring (bicyclic) bond motifs is 2. The van der Waals surface area contributed by atoms with E-state index in [9.17, 15) is 4.79 Å². The van der Waals surface area contributed by atoms with Gasteiger partial charge in [0, 0.05) is 24.9 Å². The summed E-state index contributed by atoms with van der Waals surface area (Å²) in [6, 6.07) is 2.03. The lowest BCUT2D eigenvalue weighted by Gasteiger charge is -2.31. The number of nitrogens with zero attached hydrogens (tertiary/aromatic N) is 5. The molecule has 5 rings (SSSR count). The van der Waals surface area contributed by atoms with Crippen molar-refractivity contribution in [1.29, 1.82) is 0 Å². The minimum atomic E-state index is -0.0836. The van der Waals surface area contributed by atoms with Crippen LogP contribution in [0.5, 0.6) is 0 Å². The van der Waals surface area contributed by atoms with Crippen molar-refractivity contribution in [1.82, 2.24) is 24.4 Å². The summed E-state index contributed by atoms with van der Waals surface area (Å²) in [6.45, 7) is 8.16. The lowest BCUT2D eigenvalue weighted by Crippen LogP contribution is -2.34. The molecule has 1 amide bonds. The summed E-state index contributed by atoms with van der Waals surface area (Å²) in [6.07, 6.45) is 14.6. The molecule has 1 saturated heterocycles. The topological polar surface area (TPSA) is 63.0 Å². The van der Waals surface area contributed by atoms with E-state index >= 15 is 0 Å². The normalized spacial score (nSPS) is 22.4. The van der Waals surface area contributed by atoms with Gasteiger partial charge in [-0.25, -0.2) is 4.52 Å². The van der Waals surface area contributed by atoms with Gasteiger partial charge in [-0.2, -0.15) is 5.10 Å². The van der Waals surface area contributed by atoms with Gasteiger partial charge >= 0.3 is 0 Å². The number of ether oxygens (including phenoxy) is 1. The molecule has 3 aliphatic rings. The lowest BCUT2D eigenvalue weighted by molar-refractivity contribution is -0.122. The Morgan fingerprint density at radius 2 is 1.94 bits per heavy atom. The molecule has 0 spiro atoms. The molecule has 0 radical (unpaired) electrons. The van der Waals surface area contributed by atoms with E-state index in [2.05, 4.69) is 29.9 Å². The maximum atomic E-state index is 13.4. The Kier molecular flexibility index (Phi) is 5.66. The van der Waals surface area contributed by atoms with Crippen molar-refractivity contribution in [2.75, 3.05) is 20.1 Å². The van der Waals surface area contributed by atoms with E-state index < -0.39 is 0 Å². The fraction of sp³-hybridized carbons (Fsp3) is 0.423. The van der Waals surface area contributed by atoms with E-state index in [0.717, 1.165) is 72.0 Å². The SMILES string of the molecule is Cc1cn2nc(C3=CC(=O)N4C=C(OC5CCN(C)CC5)C=CC4=CCC3C)cc2c(C)n1. The van der Waals surface area contributed by atoms with Crippen molar-refractivity contribution >= 4 is 17.0 Å². The quantitative estimate of drug-likeness (QED) is 0.715. The van der Waals surface area contributed by atoms with E-state index in [4.69, 9.17) is 9.84 Å². The molecule has 7 nitrogen and oxygen atoms in total. The molecule has 0 saturated carbocycles. The standard InChI is InChI=1S/C26H31N5O2/c1-17-5-6-20-7-8-22(33-21-9-11-29(4)12-10-21)16-30(20)26(32)13-23(17)24-14-25-19(3)27-18(2)15-31(25)28-24/h6-8,13-17,21H,5,9-12H2,1-4H3. The van der Waals surface area contributed by atoms with Gasteiger partial charge in [0.2, 0.25) is 0 Å². The third kappa shape index (κ3) is 4.37. The molecule has 172 valence electrons. The maximum absolute atomic E-state index is 13.4. The zero-order valence-electron chi connectivity index (χ0n) is 19.8. The number of likely N-dealkylation sites (tertiary alicyclic amines) is 1. The Morgan fingerprint density at radius 3 is 2.73 bits per heavy atom. The molecule has 1 atom stereocenters. The molecule has 0 aliphatic carbocycles. The Labute approximate surface area is 194 Å². The third-order valence-corrected chi connectivity index (χ3v) is 6.70. The minimum Gasteiger partial charge on any atom is -0.489 e. The van der Waals surface area contributed by atoms with Crippen molar-refractivity contribution < 1.29 is 9.53 Å². The summed E-state index contributed by atoms with van der Waals surface area (Å²) in [5.41, 5.74) is 5.47. The largest absolute Gasteiger partial charge is 0.489 e. The average molecular weight is 446 g/mol. The highest BCUT2D eigenvalue weighted by molar-refractivity contribution is 5.98. The minimum absolute atomic E-state index is 0.0836. The Hall–Kier alpha value is -3.19. The van der Waals surface area contributed by atoms with E-state index in [0.29, 0.717) is 0 Å². The number of aromatic nitrogens is 3. The fourth-order valence-corrected chi connectivity index (χ4v) is 4.74. The van der Waals surface area contributed by atoms with Crippen LogP contribution >= 0.6 is 0 Å². The number of hydrogen-bond acceptors (Lipinski definition) is 5. The first-order valence-electron chi connectivity index (χ1n) is 11.7. The highest BCUT2D eigenvalue weighted by atomic mass is 16.5. The number of carbonyl (C=O) groups is 1. The van der Waals surface area contributed by atoms with Gasteiger partial charge in [-0.05, 0) is 69.9 Å². The van der Waals surface area contributed by atoms with Crippen LogP contribution in [0, 0.1) is 19.8 Å². The first kappa shape index (κ1) is 21.6. The molecule has 2 aromatic heterocycles. The van der Waals surface area contributed by atoms with Crippen molar-refractivity contribution in [3.05, 3.63) is 71.3 Å². The van der Waals surface area contributed by atoms with Crippen LogP contribution in [-0.2, 0) is 9.53 Å². The van der Waals surface area contributed by atoms with Gasteiger partial charge in [-0.3, -0.25) is 14.7 Å². The zero-order valence-corrected chi connectivity index (χ0v) is 19.8. The number of amides is 1. The van der Waals surface area contributed by atoms with Gasteiger partial charge < -0.3 is 9.64 Å². The molecule has 33 heavy (non-hydrogen) atoms. The summed E-state index contributed by atoms with van der Waals surface area (Å²) in [4.78, 5) is 21.9. The average Bonchev–Trinajstić information content (AvgIpc) is 3.21. The molecule has 2 aromatic rings. The molecular weight excluding hydrogens is 414 g/mol. The van der Waals surface area contributed by atoms with Crippen molar-refractivity contribution in [2.45, 2.75) is 46.1 Å². The second-order valence-electron chi connectivity index (χ2n) is 9.39.